The van der Waals surface area contributed by atoms with Gasteiger partial charge in [-0.05, 0) is 57.7 Å². The van der Waals surface area contributed by atoms with Crippen LogP contribution in [0.4, 0.5) is 27.9 Å². The van der Waals surface area contributed by atoms with Crippen LogP contribution in [-0.4, -0.2) is 63.8 Å². The van der Waals surface area contributed by atoms with Gasteiger partial charge in [-0.1, -0.05) is 31.9 Å². The molecule has 2 aliphatic rings. The van der Waals surface area contributed by atoms with Crippen LogP contribution >= 0.6 is 0 Å². The maximum atomic E-state index is 13.1. The van der Waals surface area contributed by atoms with Crippen molar-refractivity contribution in [3.63, 3.8) is 0 Å². The number of carboxylic acids is 1. The van der Waals surface area contributed by atoms with Crippen molar-refractivity contribution in [2.24, 2.45) is 0 Å². The van der Waals surface area contributed by atoms with Crippen LogP contribution in [0.25, 0.3) is 0 Å². The highest BCUT2D eigenvalue weighted by atomic mass is 16.6. The number of nitrogens with zero attached hydrogens (tertiary/aromatic N) is 4. The molecule has 2 heterocycles. The monoisotopic (exact) mass is 538 g/mol. The van der Waals surface area contributed by atoms with Crippen molar-refractivity contribution >= 4 is 41.1 Å². The molecule has 1 aliphatic carbocycles. The largest absolute Gasteiger partial charge is 0.480 e. The van der Waals surface area contributed by atoms with E-state index in [0.29, 0.717) is 18.1 Å². The van der Waals surface area contributed by atoms with Crippen molar-refractivity contribution < 1.29 is 24.2 Å². The predicted molar refractivity (Wildman–Crippen MR) is 148 cm³/mol. The number of nitrogens with one attached hydrogen (secondary N) is 2. The van der Waals surface area contributed by atoms with E-state index < -0.39 is 23.7 Å². The molecule has 1 aromatic heterocycles. The van der Waals surface area contributed by atoms with Gasteiger partial charge in [-0.2, -0.15) is 4.98 Å². The van der Waals surface area contributed by atoms with Crippen molar-refractivity contribution in [2.75, 3.05) is 22.2 Å². The molecule has 2 aromatic rings. The Bertz CT molecular complexity index is 1210. The number of carbonyl (C=O) groups is 3. The minimum atomic E-state index is -1.15. The fraction of sp³-hybridized carbons (Fsp3) is 0.536. The van der Waals surface area contributed by atoms with Crippen LogP contribution < -0.4 is 20.4 Å². The Hall–Kier alpha value is -3.89. The Kier molecular flexibility index (Phi) is 8.27. The molecule has 11 heteroatoms. The van der Waals surface area contributed by atoms with Crippen LogP contribution in [0.2, 0.25) is 0 Å². The van der Waals surface area contributed by atoms with E-state index in [1.165, 1.54) is 0 Å². The summed E-state index contributed by atoms with van der Waals surface area (Å²) in [6, 6.07) is 6.10. The Balaban J connectivity index is 1.49. The molecule has 0 bridgehead atoms. The third-order valence-corrected chi connectivity index (χ3v) is 7.05. The van der Waals surface area contributed by atoms with Gasteiger partial charge in [0.05, 0.1) is 6.20 Å². The lowest BCUT2D eigenvalue weighted by Gasteiger charge is -2.43. The van der Waals surface area contributed by atoms with Crippen molar-refractivity contribution in [2.45, 2.75) is 89.9 Å². The molecule has 2 amide bonds. The van der Waals surface area contributed by atoms with Crippen LogP contribution in [0.5, 0.6) is 0 Å². The number of fused-ring (bicyclic) bond motifs is 1. The van der Waals surface area contributed by atoms with Crippen molar-refractivity contribution in [3.05, 3.63) is 36.0 Å². The lowest BCUT2D eigenvalue weighted by molar-refractivity contribution is -0.139. The number of ether oxygens (including phenoxy) is 1. The molecular formula is C28H38N6O5. The van der Waals surface area contributed by atoms with Crippen molar-refractivity contribution in [1.82, 2.24) is 15.3 Å². The first kappa shape index (κ1) is 28.1. The van der Waals surface area contributed by atoms with Gasteiger partial charge in [0.1, 0.15) is 23.4 Å². The summed E-state index contributed by atoms with van der Waals surface area (Å²) in [6.07, 6.45) is 6.09. The van der Waals surface area contributed by atoms with Gasteiger partial charge in [0.25, 0.3) is 0 Å². The average Bonchev–Trinajstić information content (AvgIpc) is 3.40. The first-order chi connectivity index (χ1) is 18.5. The maximum absolute atomic E-state index is 13.1. The van der Waals surface area contributed by atoms with E-state index in [1.807, 2.05) is 19.1 Å². The average molecular weight is 539 g/mol. The standard InChI is InChI=1S/C28H38N6O5/c1-6-21-24(35)33(5)22-16-29-26(32-23(22)34(21)19-9-7-8-10-19)30-18-13-11-17(12-14-18)15-20(25(36)37)31-27(38)39-28(2,3)4/h11-14,16,19-21H,6-10,15H2,1-5H3,(H,31,38)(H,36,37)(H,29,30,32)/t20-,21+/m0/s1. The molecule has 0 unspecified atom stereocenters. The van der Waals surface area contributed by atoms with Gasteiger partial charge in [0.15, 0.2) is 5.82 Å². The number of carbonyl (C=O) groups excluding carboxylic acids is 2. The van der Waals surface area contributed by atoms with Gasteiger partial charge in [-0.3, -0.25) is 4.79 Å². The van der Waals surface area contributed by atoms with Crippen LogP contribution in [-0.2, 0) is 20.7 Å². The van der Waals surface area contributed by atoms with E-state index in [2.05, 4.69) is 20.5 Å². The number of anilines is 4. The van der Waals surface area contributed by atoms with Gasteiger partial charge in [0.2, 0.25) is 11.9 Å². The van der Waals surface area contributed by atoms with Crippen LogP contribution in [0, 0.1) is 0 Å². The lowest BCUT2D eigenvalue weighted by atomic mass is 10.0. The third kappa shape index (κ3) is 6.58. The fourth-order valence-electron chi connectivity index (χ4n) is 5.18. The highest BCUT2D eigenvalue weighted by Crippen LogP contribution is 2.40. The van der Waals surface area contributed by atoms with E-state index in [1.54, 1.807) is 51.0 Å². The zero-order chi connectivity index (χ0) is 28.3. The van der Waals surface area contributed by atoms with E-state index in [0.717, 1.165) is 42.8 Å². The summed E-state index contributed by atoms with van der Waals surface area (Å²) in [4.78, 5) is 50.0. The normalized spacial score (nSPS) is 18.5. The molecule has 0 radical (unpaired) electrons. The number of amides is 2. The second-order valence-corrected chi connectivity index (χ2v) is 11.1. The van der Waals surface area contributed by atoms with E-state index in [9.17, 15) is 19.5 Å². The quantitative estimate of drug-likeness (QED) is 0.450. The third-order valence-electron chi connectivity index (χ3n) is 7.05. The summed E-state index contributed by atoms with van der Waals surface area (Å²) in [5.41, 5.74) is 1.43. The zero-order valence-corrected chi connectivity index (χ0v) is 23.2. The van der Waals surface area contributed by atoms with Crippen LogP contribution in [0.3, 0.4) is 0 Å². The first-order valence-electron chi connectivity index (χ1n) is 13.5. The fourth-order valence-corrected chi connectivity index (χ4v) is 5.18. The van der Waals surface area contributed by atoms with Crippen LogP contribution in [0.15, 0.2) is 30.5 Å². The minimum Gasteiger partial charge on any atom is -0.480 e. The summed E-state index contributed by atoms with van der Waals surface area (Å²) in [7, 11) is 1.77. The maximum Gasteiger partial charge on any atom is 0.408 e. The SMILES string of the molecule is CC[C@@H]1C(=O)N(C)c2cnc(Nc3ccc(C[C@H](NC(=O)OC(C)(C)C)C(=O)O)cc3)nc2N1C1CCCC1. The topological polar surface area (TPSA) is 137 Å². The van der Waals surface area contributed by atoms with Crippen LogP contribution in [0.1, 0.15) is 65.4 Å². The number of rotatable bonds is 8. The van der Waals surface area contributed by atoms with Gasteiger partial charge in [-0.25, -0.2) is 14.6 Å². The number of hydrogen-bond donors (Lipinski definition) is 3. The predicted octanol–water partition coefficient (Wildman–Crippen LogP) is 4.24. The molecule has 1 aliphatic heterocycles. The van der Waals surface area contributed by atoms with Gasteiger partial charge < -0.3 is 30.3 Å². The number of likely N-dealkylation sites (N-methyl/N-ethyl adjacent to an activating group) is 1. The highest BCUT2D eigenvalue weighted by Gasteiger charge is 2.41. The summed E-state index contributed by atoms with van der Waals surface area (Å²) >= 11 is 0. The molecule has 1 aromatic carbocycles. The first-order valence-corrected chi connectivity index (χ1v) is 13.5. The number of carboxylic acid groups (broad SMARTS) is 1. The summed E-state index contributed by atoms with van der Waals surface area (Å²) in [6.45, 7) is 7.18. The molecule has 3 N–H and O–H groups in total. The van der Waals surface area contributed by atoms with Gasteiger partial charge >= 0.3 is 12.1 Å². The Labute approximate surface area is 228 Å². The summed E-state index contributed by atoms with van der Waals surface area (Å²) < 4.78 is 5.18. The van der Waals surface area contributed by atoms with Gasteiger partial charge in [0, 0.05) is 25.2 Å². The molecular weight excluding hydrogens is 500 g/mol. The molecule has 0 spiro atoms. The smallest absolute Gasteiger partial charge is 0.408 e. The lowest BCUT2D eigenvalue weighted by Crippen LogP contribution is -2.55. The molecule has 2 atom stereocenters. The molecule has 210 valence electrons. The van der Waals surface area contributed by atoms with E-state index in [-0.39, 0.29) is 24.4 Å². The second-order valence-electron chi connectivity index (χ2n) is 11.1. The van der Waals surface area contributed by atoms with Gasteiger partial charge in [-0.15, -0.1) is 0 Å². The minimum absolute atomic E-state index is 0.0672. The van der Waals surface area contributed by atoms with Crippen molar-refractivity contribution in [3.8, 4) is 0 Å². The Morgan fingerprint density at radius 2 is 1.85 bits per heavy atom. The number of aromatic nitrogens is 2. The molecule has 39 heavy (non-hydrogen) atoms. The zero-order valence-electron chi connectivity index (χ0n) is 23.2. The molecule has 1 fully saturated rings. The molecule has 0 saturated heterocycles. The summed E-state index contributed by atoms with van der Waals surface area (Å²) in [5, 5.41) is 15.2. The molecule has 4 rings (SSSR count). The Morgan fingerprint density at radius 1 is 1.18 bits per heavy atom. The molecule has 11 nitrogen and oxygen atoms in total. The second kappa shape index (κ2) is 11.5. The van der Waals surface area contributed by atoms with E-state index >= 15 is 0 Å². The number of benzene rings is 1. The summed E-state index contributed by atoms with van der Waals surface area (Å²) in [5.74, 6) is 0.100. The Morgan fingerprint density at radius 3 is 2.44 bits per heavy atom. The number of aliphatic carboxylic acids is 1. The highest BCUT2D eigenvalue weighted by molar-refractivity contribution is 6.04. The molecule has 1 saturated carbocycles. The van der Waals surface area contributed by atoms with E-state index in [4.69, 9.17) is 9.72 Å². The van der Waals surface area contributed by atoms with Crippen molar-refractivity contribution in [1.29, 1.82) is 0 Å². The number of alkyl carbamates (subject to hydrolysis) is 1. The number of hydrogen-bond acceptors (Lipinski definition) is 8.